The zero-order valence-electron chi connectivity index (χ0n) is 20.7. The molecule has 5 aliphatic rings. The van der Waals surface area contributed by atoms with Gasteiger partial charge in [0.15, 0.2) is 8.32 Å². The van der Waals surface area contributed by atoms with Crippen molar-refractivity contribution < 1.29 is 9.53 Å². The number of rotatable bonds is 2. The van der Waals surface area contributed by atoms with E-state index in [9.17, 15) is 5.11 Å². The fraction of sp³-hybridized carbons (Fsp3) is 0.926. The molecular formula is C27H46O2Si. The van der Waals surface area contributed by atoms with Crippen LogP contribution in [-0.2, 0) is 4.43 Å². The van der Waals surface area contributed by atoms with E-state index < -0.39 is 8.32 Å². The van der Waals surface area contributed by atoms with Gasteiger partial charge in [-0.2, -0.15) is 0 Å². The summed E-state index contributed by atoms with van der Waals surface area (Å²) < 4.78 is 7.02. The largest absolute Gasteiger partial charge is 0.413 e. The van der Waals surface area contributed by atoms with Crippen molar-refractivity contribution in [1.82, 2.24) is 0 Å². The van der Waals surface area contributed by atoms with Gasteiger partial charge < -0.3 is 9.53 Å². The van der Waals surface area contributed by atoms with Crippen LogP contribution in [0.1, 0.15) is 92.4 Å². The first kappa shape index (κ1) is 21.7. The molecule has 0 aromatic rings. The van der Waals surface area contributed by atoms with Crippen molar-refractivity contribution in [1.29, 1.82) is 0 Å². The van der Waals surface area contributed by atoms with Crippen LogP contribution >= 0.6 is 0 Å². The maximum absolute atomic E-state index is 10.3. The Morgan fingerprint density at radius 3 is 2.43 bits per heavy atom. The molecule has 0 aromatic carbocycles. The van der Waals surface area contributed by atoms with Gasteiger partial charge in [0.25, 0.3) is 0 Å². The van der Waals surface area contributed by atoms with Crippen LogP contribution in [0.3, 0.4) is 0 Å². The Bertz CT molecular complexity index is 750. The molecule has 4 fully saturated rings. The van der Waals surface area contributed by atoms with E-state index in [1.807, 2.05) is 0 Å². The van der Waals surface area contributed by atoms with E-state index in [1.165, 1.54) is 44.9 Å². The van der Waals surface area contributed by atoms with Crippen molar-refractivity contribution in [3.63, 3.8) is 0 Å². The summed E-state index contributed by atoms with van der Waals surface area (Å²) in [6.07, 6.45) is 14.4. The Kier molecular flexibility index (Phi) is 4.68. The molecule has 0 aliphatic heterocycles. The molecule has 0 amide bonds. The summed E-state index contributed by atoms with van der Waals surface area (Å²) in [5, 5.41) is 10.6. The van der Waals surface area contributed by atoms with Gasteiger partial charge in [-0.05, 0) is 105 Å². The summed E-state index contributed by atoms with van der Waals surface area (Å²) >= 11 is 0. The number of aliphatic hydroxyl groups excluding tert-OH is 1. The van der Waals surface area contributed by atoms with E-state index in [-0.39, 0.29) is 6.10 Å². The molecule has 170 valence electrons. The predicted octanol–water partition coefficient (Wildman–Crippen LogP) is 7.09. The predicted molar refractivity (Wildman–Crippen MR) is 127 cm³/mol. The van der Waals surface area contributed by atoms with Crippen molar-refractivity contribution in [3.8, 4) is 0 Å². The van der Waals surface area contributed by atoms with E-state index >= 15 is 0 Å². The monoisotopic (exact) mass is 430 g/mol. The van der Waals surface area contributed by atoms with Crippen molar-refractivity contribution >= 4 is 8.32 Å². The summed E-state index contributed by atoms with van der Waals surface area (Å²) in [5.74, 6) is 2.59. The lowest BCUT2D eigenvalue weighted by atomic mass is 9.47. The van der Waals surface area contributed by atoms with E-state index in [0.717, 1.165) is 30.6 Å². The molecule has 1 spiro atoms. The van der Waals surface area contributed by atoms with Gasteiger partial charge in [-0.3, -0.25) is 0 Å². The van der Waals surface area contributed by atoms with Crippen LogP contribution < -0.4 is 0 Å². The quantitative estimate of drug-likeness (QED) is 0.374. The summed E-state index contributed by atoms with van der Waals surface area (Å²) in [5.41, 5.74) is 2.92. The first-order valence-corrected chi connectivity index (χ1v) is 15.8. The van der Waals surface area contributed by atoms with Crippen LogP contribution in [0.5, 0.6) is 0 Å². The van der Waals surface area contributed by atoms with Gasteiger partial charge in [0.1, 0.15) is 0 Å². The molecule has 3 heteroatoms. The first-order chi connectivity index (χ1) is 13.8. The molecule has 0 heterocycles. The third kappa shape index (κ3) is 2.80. The molecule has 4 saturated carbocycles. The number of allylic oxidation sites excluding steroid dienone is 1. The van der Waals surface area contributed by atoms with Gasteiger partial charge in [-0.15, -0.1) is 0 Å². The van der Waals surface area contributed by atoms with Crippen LogP contribution in [0.2, 0.25) is 18.1 Å². The molecule has 1 N–H and O–H groups in total. The van der Waals surface area contributed by atoms with Gasteiger partial charge in [-0.1, -0.05) is 46.3 Å². The Labute approximate surface area is 186 Å². The molecule has 5 aliphatic carbocycles. The van der Waals surface area contributed by atoms with Crippen molar-refractivity contribution in [2.45, 2.75) is 123 Å². The zero-order valence-corrected chi connectivity index (χ0v) is 21.7. The Morgan fingerprint density at radius 2 is 1.73 bits per heavy atom. The Morgan fingerprint density at radius 1 is 1.03 bits per heavy atom. The summed E-state index contributed by atoms with van der Waals surface area (Å²) in [6, 6.07) is 0. The van der Waals surface area contributed by atoms with E-state index in [1.54, 1.807) is 5.57 Å². The number of hydrogen-bond acceptors (Lipinski definition) is 2. The average Bonchev–Trinajstić information content (AvgIpc) is 3.24. The third-order valence-electron chi connectivity index (χ3n) is 11.8. The van der Waals surface area contributed by atoms with Gasteiger partial charge in [0, 0.05) is 5.41 Å². The van der Waals surface area contributed by atoms with Crippen molar-refractivity contribution in [2.75, 3.05) is 0 Å². The van der Waals surface area contributed by atoms with Gasteiger partial charge in [0.2, 0.25) is 0 Å². The molecule has 0 bridgehead atoms. The summed E-state index contributed by atoms with van der Waals surface area (Å²) in [6.45, 7) is 17.2. The molecule has 30 heavy (non-hydrogen) atoms. The van der Waals surface area contributed by atoms with Gasteiger partial charge in [-0.25, -0.2) is 0 Å². The highest BCUT2D eigenvalue weighted by Crippen LogP contribution is 2.77. The van der Waals surface area contributed by atoms with Crippen LogP contribution in [0, 0.1) is 34.0 Å². The lowest BCUT2D eigenvalue weighted by molar-refractivity contribution is -0.0604. The highest BCUT2D eigenvalue weighted by Gasteiger charge is 2.73. The highest BCUT2D eigenvalue weighted by atomic mass is 28.4. The van der Waals surface area contributed by atoms with Crippen molar-refractivity contribution in [2.24, 2.45) is 34.0 Å². The molecule has 5 rings (SSSR count). The summed E-state index contributed by atoms with van der Waals surface area (Å²) in [4.78, 5) is 0. The zero-order chi connectivity index (χ0) is 21.7. The minimum Gasteiger partial charge on any atom is -0.413 e. The Hall–Kier alpha value is -0.123. The maximum atomic E-state index is 10.3. The van der Waals surface area contributed by atoms with E-state index in [4.69, 9.17) is 4.43 Å². The average molecular weight is 431 g/mol. The van der Waals surface area contributed by atoms with Gasteiger partial charge >= 0.3 is 0 Å². The van der Waals surface area contributed by atoms with E-state index in [0.29, 0.717) is 27.4 Å². The Balaban J connectivity index is 1.38. The molecule has 0 aromatic heterocycles. The van der Waals surface area contributed by atoms with Crippen LogP contribution in [0.15, 0.2) is 11.6 Å². The molecule has 0 radical (unpaired) electrons. The molecule has 0 unspecified atom stereocenters. The number of aliphatic hydroxyl groups is 1. The normalized spacial score (nSPS) is 50.5. The second-order valence-corrected chi connectivity index (χ2v) is 18.6. The van der Waals surface area contributed by atoms with Crippen molar-refractivity contribution in [3.05, 3.63) is 11.6 Å². The molecule has 2 nitrogen and oxygen atoms in total. The highest BCUT2D eigenvalue weighted by molar-refractivity contribution is 6.74. The second kappa shape index (κ2) is 6.47. The fourth-order valence-electron chi connectivity index (χ4n) is 8.63. The maximum Gasteiger partial charge on any atom is 0.192 e. The van der Waals surface area contributed by atoms with Crippen LogP contribution in [0.25, 0.3) is 0 Å². The van der Waals surface area contributed by atoms with Crippen LogP contribution in [-0.4, -0.2) is 25.6 Å². The fourth-order valence-corrected chi connectivity index (χ4v) is 10.0. The number of fused-ring (bicyclic) bond motifs is 6. The molecular weight excluding hydrogens is 384 g/mol. The lowest BCUT2D eigenvalue weighted by Crippen LogP contribution is -2.51. The smallest absolute Gasteiger partial charge is 0.192 e. The number of hydrogen-bond donors (Lipinski definition) is 1. The minimum absolute atomic E-state index is 0.0933. The SMILES string of the molecule is CC(C)(C)[Si](C)(C)O[C@@H]1C[C@@]12CC[C@H]1[C@@H]3CC=C4C[C@@H](O)CC[C@]4(C)[C@H]3CC[C@@]12C. The van der Waals surface area contributed by atoms with Gasteiger partial charge in [0.05, 0.1) is 12.2 Å². The molecule has 0 saturated heterocycles. The summed E-state index contributed by atoms with van der Waals surface area (Å²) in [7, 11) is -1.70. The third-order valence-corrected chi connectivity index (χ3v) is 16.2. The standard InChI is InChI=1S/C27H46O2Si/c1-24(2,3)30(6,7)29-23-17-27(23)15-12-22-20-9-8-18-16-19(28)10-13-25(18,4)21(20)11-14-26(22,27)5/h8,19-23,28H,9-17H2,1-7H3/t19-,20+,21-,22-,23+,25-,26-,27-/m0/s1. The van der Waals surface area contributed by atoms with Crippen LogP contribution in [0.4, 0.5) is 0 Å². The first-order valence-electron chi connectivity index (χ1n) is 12.9. The lowest BCUT2D eigenvalue weighted by Gasteiger charge is -2.58. The topological polar surface area (TPSA) is 29.5 Å². The minimum atomic E-state index is -1.70. The molecule has 8 atom stereocenters. The second-order valence-electron chi connectivity index (χ2n) is 13.9. The van der Waals surface area contributed by atoms with E-state index in [2.05, 4.69) is 53.8 Å².